The molecule has 1 aromatic rings. The smallest absolute Gasteiger partial charge is 0.328 e. The van der Waals surface area contributed by atoms with E-state index in [2.05, 4.69) is 4.90 Å². The van der Waals surface area contributed by atoms with Crippen molar-refractivity contribution in [3.05, 3.63) is 29.8 Å². The van der Waals surface area contributed by atoms with Crippen molar-refractivity contribution in [1.29, 1.82) is 0 Å². The van der Waals surface area contributed by atoms with Gasteiger partial charge in [0.25, 0.3) is 5.91 Å². The molecule has 2 fully saturated rings. The number of carboxylic acid groups (broad SMARTS) is 1. The molecule has 2 aliphatic heterocycles. The van der Waals surface area contributed by atoms with Crippen LogP contribution in [0.4, 0.5) is 0 Å². The predicted molar refractivity (Wildman–Crippen MR) is 86.0 cm³/mol. The summed E-state index contributed by atoms with van der Waals surface area (Å²) in [7, 11) is 3.50. The molecular formula is C17H22N2O5. The van der Waals surface area contributed by atoms with Gasteiger partial charge in [0.1, 0.15) is 11.5 Å². The Morgan fingerprint density at radius 3 is 2.58 bits per heavy atom. The fourth-order valence-corrected chi connectivity index (χ4v) is 3.47. The third-order valence-electron chi connectivity index (χ3n) is 4.87. The van der Waals surface area contributed by atoms with Gasteiger partial charge in [-0.15, -0.1) is 0 Å². The summed E-state index contributed by atoms with van der Waals surface area (Å²) < 4.78 is 11.2. The van der Waals surface area contributed by atoms with Gasteiger partial charge >= 0.3 is 5.97 Å². The van der Waals surface area contributed by atoms with Crippen LogP contribution in [0.3, 0.4) is 0 Å². The Balaban J connectivity index is 1.99. The van der Waals surface area contributed by atoms with Gasteiger partial charge in [0.2, 0.25) is 0 Å². The number of para-hydroxylation sites is 1. The second-order valence-corrected chi connectivity index (χ2v) is 6.29. The molecule has 2 saturated heterocycles. The second kappa shape index (κ2) is 6.41. The summed E-state index contributed by atoms with van der Waals surface area (Å²) in [6, 6.07) is 5.88. The Labute approximate surface area is 140 Å². The van der Waals surface area contributed by atoms with E-state index in [1.54, 1.807) is 24.3 Å². The molecule has 24 heavy (non-hydrogen) atoms. The van der Waals surface area contributed by atoms with Crippen LogP contribution in [0.2, 0.25) is 0 Å². The van der Waals surface area contributed by atoms with Crippen molar-refractivity contribution < 1.29 is 24.2 Å². The predicted octanol–water partition coefficient (Wildman–Crippen LogP) is 1.04. The topological polar surface area (TPSA) is 79.3 Å². The summed E-state index contributed by atoms with van der Waals surface area (Å²) in [5.74, 6) is -0.974. The summed E-state index contributed by atoms with van der Waals surface area (Å²) >= 11 is 0. The van der Waals surface area contributed by atoms with Gasteiger partial charge in [0.05, 0.1) is 19.3 Å². The van der Waals surface area contributed by atoms with Gasteiger partial charge in [-0.2, -0.15) is 0 Å². The number of carbonyl (C=O) groups is 2. The van der Waals surface area contributed by atoms with E-state index >= 15 is 0 Å². The number of piperidine rings is 1. The highest BCUT2D eigenvalue weighted by Crippen LogP contribution is 2.39. The van der Waals surface area contributed by atoms with Crippen LogP contribution >= 0.6 is 0 Å². The van der Waals surface area contributed by atoms with Gasteiger partial charge in [0.15, 0.2) is 6.04 Å². The SMILES string of the molecule is COc1ccccc1C(=O)N1C(C(=O)O)COC12CCN(C)CC2. The number of methoxy groups -OCH3 is 1. The molecule has 2 aliphatic rings. The van der Waals surface area contributed by atoms with Gasteiger partial charge in [-0.1, -0.05) is 12.1 Å². The molecular weight excluding hydrogens is 312 g/mol. The summed E-state index contributed by atoms with van der Waals surface area (Å²) in [6.45, 7) is 1.52. The lowest BCUT2D eigenvalue weighted by Crippen LogP contribution is -2.57. The van der Waals surface area contributed by atoms with Gasteiger partial charge in [-0.3, -0.25) is 9.69 Å². The Kier molecular flexibility index (Phi) is 4.47. The number of likely N-dealkylation sites (tertiary alicyclic amines) is 1. The minimum Gasteiger partial charge on any atom is -0.496 e. The van der Waals surface area contributed by atoms with Crippen molar-refractivity contribution in [1.82, 2.24) is 9.80 Å². The largest absolute Gasteiger partial charge is 0.496 e. The number of nitrogens with zero attached hydrogens (tertiary/aromatic N) is 2. The van der Waals surface area contributed by atoms with E-state index in [0.29, 0.717) is 24.2 Å². The van der Waals surface area contributed by atoms with Crippen LogP contribution in [0.1, 0.15) is 23.2 Å². The number of hydrogen-bond acceptors (Lipinski definition) is 5. The van der Waals surface area contributed by atoms with Crippen molar-refractivity contribution in [2.45, 2.75) is 24.6 Å². The Bertz CT molecular complexity index is 640. The molecule has 0 bridgehead atoms. The van der Waals surface area contributed by atoms with Crippen LogP contribution in [0.15, 0.2) is 24.3 Å². The molecule has 1 unspecified atom stereocenters. The van der Waals surface area contributed by atoms with E-state index in [1.165, 1.54) is 12.0 Å². The molecule has 7 nitrogen and oxygen atoms in total. The first-order chi connectivity index (χ1) is 11.5. The Morgan fingerprint density at radius 2 is 1.96 bits per heavy atom. The molecule has 0 radical (unpaired) electrons. The van der Waals surface area contributed by atoms with Crippen LogP contribution in [-0.2, 0) is 9.53 Å². The molecule has 0 saturated carbocycles. The van der Waals surface area contributed by atoms with E-state index < -0.39 is 17.7 Å². The molecule has 130 valence electrons. The molecule has 1 aromatic carbocycles. The van der Waals surface area contributed by atoms with Crippen molar-refractivity contribution >= 4 is 11.9 Å². The van der Waals surface area contributed by atoms with Gasteiger partial charge in [-0.05, 0) is 19.2 Å². The number of carbonyl (C=O) groups excluding carboxylic acids is 1. The lowest BCUT2D eigenvalue weighted by molar-refractivity contribution is -0.143. The quantitative estimate of drug-likeness (QED) is 0.890. The first kappa shape index (κ1) is 16.7. The number of amides is 1. The van der Waals surface area contributed by atoms with E-state index in [4.69, 9.17) is 9.47 Å². The molecule has 7 heteroatoms. The van der Waals surface area contributed by atoms with Crippen LogP contribution < -0.4 is 4.74 Å². The number of rotatable bonds is 3. The zero-order valence-electron chi connectivity index (χ0n) is 13.9. The molecule has 0 aromatic heterocycles. The third-order valence-corrected chi connectivity index (χ3v) is 4.87. The highest BCUT2D eigenvalue weighted by molar-refractivity contribution is 5.99. The van der Waals surface area contributed by atoms with Gasteiger partial charge in [-0.25, -0.2) is 4.79 Å². The van der Waals surface area contributed by atoms with E-state index in [9.17, 15) is 14.7 Å². The average molecular weight is 334 g/mol. The van der Waals surface area contributed by atoms with Crippen molar-refractivity contribution in [2.75, 3.05) is 33.9 Å². The van der Waals surface area contributed by atoms with Gasteiger partial charge < -0.3 is 19.5 Å². The number of ether oxygens (including phenoxy) is 2. The second-order valence-electron chi connectivity index (χ2n) is 6.29. The third kappa shape index (κ3) is 2.74. The van der Waals surface area contributed by atoms with Gasteiger partial charge in [0, 0.05) is 25.9 Å². The van der Waals surface area contributed by atoms with Crippen molar-refractivity contribution in [3.63, 3.8) is 0 Å². The van der Waals surface area contributed by atoms with E-state index in [1.807, 2.05) is 7.05 Å². The fourth-order valence-electron chi connectivity index (χ4n) is 3.47. The molecule has 3 rings (SSSR count). The van der Waals surface area contributed by atoms with Crippen molar-refractivity contribution in [3.8, 4) is 5.75 Å². The monoisotopic (exact) mass is 334 g/mol. The first-order valence-electron chi connectivity index (χ1n) is 8.00. The molecule has 1 spiro atoms. The maximum atomic E-state index is 13.2. The summed E-state index contributed by atoms with van der Waals surface area (Å²) in [5, 5.41) is 9.56. The number of carboxylic acids is 1. The minimum absolute atomic E-state index is 0.0138. The van der Waals surface area contributed by atoms with Crippen LogP contribution in [-0.4, -0.2) is 72.4 Å². The Hall–Kier alpha value is -2.12. The minimum atomic E-state index is -1.05. The molecule has 1 atom stereocenters. The maximum Gasteiger partial charge on any atom is 0.328 e. The zero-order valence-corrected chi connectivity index (χ0v) is 13.9. The number of aliphatic carboxylic acids is 1. The molecule has 2 heterocycles. The number of hydrogen-bond donors (Lipinski definition) is 1. The normalized spacial score (nSPS) is 23.4. The standard InChI is InChI=1S/C17H22N2O5/c1-18-9-7-17(8-10-18)19(13(11-24-17)16(21)22)15(20)12-5-3-4-6-14(12)23-2/h3-6,13H,7-11H2,1-2H3,(H,21,22). The van der Waals surface area contributed by atoms with E-state index in [0.717, 1.165) is 13.1 Å². The Morgan fingerprint density at radius 1 is 1.29 bits per heavy atom. The number of benzene rings is 1. The van der Waals surface area contributed by atoms with Crippen molar-refractivity contribution in [2.24, 2.45) is 0 Å². The van der Waals surface area contributed by atoms with E-state index in [-0.39, 0.29) is 12.5 Å². The maximum absolute atomic E-state index is 13.2. The van der Waals surface area contributed by atoms with Crippen LogP contribution in [0.5, 0.6) is 5.75 Å². The van der Waals surface area contributed by atoms with Crippen LogP contribution in [0.25, 0.3) is 0 Å². The lowest BCUT2D eigenvalue weighted by Gasteiger charge is -2.43. The summed E-state index contributed by atoms with van der Waals surface area (Å²) in [6.07, 6.45) is 1.18. The highest BCUT2D eigenvalue weighted by Gasteiger charge is 2.54. The summed E-state index contributed by atoms with van der Waals surface area (Å²) in [5.41, 5.74) is -0.497. The van der Waals surface area contributed by atoms with Crippen LogP contribution in [0, 0.1) is 0 Å². The fraction of sp³-hybridized carbons (Fsp3) is 0.529. The molecule has 0 aliphatic carbocycles. The first-order valence-corrected chi connectivity index (χ1v) is 8.00. The lowest BCUT2D eigenvalue weighted by atomic mass is 9.97. The molecule has 1 N–H and O–H groups in total. The molecule has 1 amide bonds. The highest BCUT2D eigenvalue weighted by atomic mass is 16.5. The zero-order chi connectivity index (χ0) is 17.3. The summed E-state index contributed by atoms with van der Waals surface area (Å²) in [4.78, 5) is 28.4. The average Bonchev–Trinajstić information content (AvgIpc) is 2.96.